The Hall–Kier alpha value is -2.70. The molecule has 0 spiro atoms. The number of nitrogens with zero attached hydrogens (tertiary/aromatic N) is 4. The van der Waals surface area contributed by atoms with Crippen LogP contribution in [-0.4, -0.2) is 51.6 Å². The van der Waals surface area contributed by atoms with Crippen molar-refractivity contribution in [3.63, 3.8) is 0 Å². The average Bonchev–Trinajstić information content (AvgIpc) is 2.99. The summed E-state index contributed by atoms with van der Waals surface area (Å²) in [5, 5.41) is 7.08. The maximum atomic E-state index is 12.8. The number of aromatic nitrogens is 3. The SMILES string of the molecule is CNC(=O)c1ccc(C(=O)N2CCC[C@H](n3nc(C)cc3C)C2)cn1. The van der Waals surface area contributed by atoms with Crippen LogP contribution in [0.1, 0.15) is 51.1 Å². The summed E-state index contributed by atoms with van der Waals surface area (Å²) >= 11 is 0. The summed E-state index contributed by atoms with van der Waals surface area (Å²) in [4.78, 5) is 30.3. The summed E-state index contributed by atoms with van der Waals surface area (Å²) in [6.07, 6.45) is 3.43. The number of piperidine rings is 1. The Morgan fingerprint density at radius 1 is 1.28 bits per heavy atom. The van der Waals surface area contributed by atoms with E-state index in [0.29, 0.717) is 17.8 Å². The molecule has 3 rings (SSSR count). The van der Waals surface area contributed by atoms with Gasteiger partial charge in [0.2, 0.25) is 0 Å². The number of carbonyl (C=O) groups is 2. The van der Waals surface area contributed by atoms with Crippen molar-refractivity contribution in [1.82, 2.24) is 25.0 Å². The Morgan fingerprint density at radius 2 is 2.08 bits per heavy atom. The van der Waals surface area contributed by atoms with Gasteiger partial charge in [-0.3, -0.25) is 19.3 Å². The Kier molecular flexibility index (Phi) is 4.83. The van der Waals surface area contributed by atoms with E-state index < -0.39 is 0 Å². The first kappa shape index (κ1) is 17.1. The summed E-state index contributed by atoms with van der Waals surface area (Å²) in [6.45, 7) is 5.39. The Bertz CT molecular complexity index is 781. The van der Waals surface area contributed by atoms with Crippen molar-refractivity contribution in [1.29, 1.82) is 0 Å². The number of aryl methyl sites for hydroxylation is 2. The molecule has 1 saturated heterocycles. The fourth-order valence-corrected chi connectivity index (χ4v) is 3.32. The molecule has 1 fully saturated rings. The third-order valence-corrected chi connectivity index (χ3v) is 4.54. The van der Waals surface area contributed by atoms with Gasteiger partial charge in [0.25, 0.3) is 11.8 Å². The summed E-state index contributed by atoms with van der Waals surface area (Å²) in [7, 11) is 1.55. The van der Waals surface area contributed by atoms with Crippen molar-refractivity contribution in [2.75, 3.05) is 20.1 Å². The lowest BCUT2D eigenvalue weighted by atomic mass is 10.0. The van der Waals surface area contributed by atoms with E-state index in [-0.39, 0.29) is 17.9 Å². The predicted molar refractivity (Wildman–Crippen MR) is 93.5 cm³/mol. The number of hydrogen-bond donors (Lipinski definition) is 1. The van der Waals surface area contributed by atoms with Gasteiger partial charge in [0.05, 0.1) is 17.3 Å². The van der Waals surface area contributed by atoms with E-state index in [2.05, 4.69) is 21.5 Å². The number of likely N-dealkylation sites (tertiary alicyclic amines) is 1. The number of hydrogen-bond acceptors (Lipinski definition) is 4. The zero-order valence-corrected chi connectivity index (χ0v) is 14.8. The van der Waals surface area contributed by atoms with Crippen LogP contribution in [0.15, 0.2) is 24.4 Å². The van der Waals surface area contributed by atoms with Crippen molar-refractivity contribution in [2.24, 2.45) is 0 Å². The first-order valence-corrected chi connectivity index (χ1v) is 8.49. The van der Waals surface area contributed by atoms with Crippen LogP contribution in [0, 0.1) is 13.8 Å². The van der Waals surface area contributed by atoms with Crippen molar-refractivity contribution in [3.8, 4) is 0 Å². The van der Waals surface area contributed by atoms with Crippen LogP contribution in [-0.2, 0) is 0 Å². The molecular weight excluding hydrogens is 318 g/mol. The summed E-state index contributed by atoms with van der Waals surface area (Å²) in [6, 6.07) is 5.49. The second-order valence-electron chi connectivity index (χ2n) is 6.43. The molecule has 1 N–H and O–H groups in total. The van der Waals surface area contributed by atoms with Gasteiger partial charge >= 0.3 is 0 Å². The van der Waals surface area contributed by atoms with Crippen LogP contribution in [0.4, 0.5) is 0 Å². The Balaban J connectivity index is 1.73. The normalized spacial score (nSPS) is 17.4. The fourth-order valence-electron chi connectivity index (χ4n) is 3.32. The predicted octanol–water partition coefficient (Wildman–Crippen LogP) is 1.73. The number of nitrogens with one attached hydrogen (secondary N) is 1. The standard InChI is InChI=1S/C18H23N5O2/c1-12-9-13(2)23(21-12)15-5-4-8-22(11-15)18(25)14-6-7-16(20-10-14)17(24)19-3/h6-7,9-10,15H,4-5,8,11H2,1-3H3,(H,19,24)/t15-/m0/s1. The van der Waals surface area contributed by atoms with Crippen LogP contribution >= 0.6 is 0 Å². The largest absolute Gasteiger partial charge is 0.354 e. The lowest BCUT2D eigenvalue weighted by Crippen LogP contribution is -2.41. The second kappa shape index (κ2) is 7.04. The van der Waals surface area contributed by atoms with E-state index in [1.807, 2.05) is 23.4 Å². The van der Waals surface area contributed by atoms with Gasteiger partial charge < -0.3 is 10.2 Å². The van der Waals surface area contributed by atoms with Crippen LogP contribution < -0.4 is 5.32 Å². The molecule has 3 heterocycles. The Morgan fingerprint density at radius 3 is 2.68 bits per heavy atom. The first-order valence-electron chi connectivity index (χ1n) is 8.49. The lowest BCUT2D eigenvalue weighted by Gasteiger charge is -2.33. The minimum absolute atomic E-state index is 0.0535. The highest BCUT2D eigenvalue weighted by atomic mass is 16.2. The molecule has 0 aliphatic carbocycles. The van der Waals surface area contributed by atoms with Gasteiger partial charge in [0, 0.05) is 32.0 Å². The zero-order chi connectivity index (χ0) is 18.0. The zero-order valence-electron chi connectivity index (χ0n) is 14.8. The monoisotopic (exact) mass is 341 g/mol. The minimum Gasteiger partial charge on any atom is -0.354 e. The van der Waals surface area contributed by atoms with E-state index in [1.165, 1.54) is 6.20 Å². The molecule has 1 atom stereocenters. The summed E-state index contributed by atoms with van der Waals surface area (Å²) < 4.78 is 2.03. The molecule has 132 valence electrons. The smallest absolute Gasteiger partial charge is 0.269 e. The highest BCUT2D eigenvalue weighted by Crippen LogP contribution is 2.24. The van der Waals surface area contributed by atoms with Crippen LogP contribution in [0.2, 0.25) is 0 Å². The van der Waals surface area contributed by atoms with Crippen LogP contribution in [0.3, 0.4) is 0 Å². The lowest BCUT2D eigenvalue weighted by molar-refractivity contribution is 0.0670. The molecule has 7 heteroatoms. The maximum absolute atomic E-state index is 12.8. The third kappa shape index (κ3) is 3.55. The molecule has 2 amide bonds. The molecule has 0 bridgehead atoms. The van der Waals surface area contributed by atoms with E-state index in [1.54, 1.807) is 19.2 Å². The topological polar surface area (TPSA) is 80.1 Å². The van der Waals surface area contributed by atoms with Crippen LogP contribution in [0.5, 0.6) is 0 Å². The molecule has 0 aromatic carbocycles. The van der Waals surface area contributed by atoms with Gasteiger partial charge in [0.1, 0.15) is 5.69 Å². The summed E-state index contributed by atoms with van der Waals surface area (Å²) in [5.41, 5.74) is 2.92. The van der Waals surface area contributed by atoms with Crippen molar-refractivity contribution < 1.29 is 9.59 Å². The number of pyridine rings is 1. The molecule has 25 heavy (non-hydrogen) atoms. The molecule has 2 aromatic rings. The molecule has 0 unspecified atom stereocenters. The maximum Gasteiger partial charge on any atom is 0.269 e. The summed E-state index contributed by atoms with van der Waals surface area (Å²) in [5.74, 6) is -0.316. The van der Waals surface area contributed by atoms with E-state index in [9.17, 15) is 9.59 Å². The van der Waals surface area contributed by atoms with Gasteiger partial charge in [-0.2, -0.15) is 5.10 Å². The quantitative estimate of drug-likeness (QED) is 0.922. The van der Waals surface area contributed by atoms with Gasteiger partial charge in [-0.1, -0.05) is 0 Å². The van der Waals surface area contributed by atoms with Gasteiger partial charge in [0.15, 0.2) is 0 Å². The molecular formula is C18H23N5O2. The molecule has 2 aromatic heterocycles. The fraction of sp³-hybridized carbons (Fsp3) is 0.444. The molecule has 1 aliphatic heterocycles. The van der Waals surface area contributed by atoms with E-state index in [0.717, 1.165) is 30.8 Å². The number of amides is 2. The van der Waals surface area contributed by atoms with Crippen LogP contribution in [0.25, 0.3) is 0 Å². The van der Waals surface area contributed by atoms with Gasteiger partial charge in [-0.15, -0.1) is 0 Å². The molecule has 0 radical (unpaired) electrons. The van der Waals surface area contributed by atoms with Gasteiger partial charge in [-0.25, -0.2) is 0 Å². The Labute approximate surface area is 147 Å². The third-order valence-electron chi connectivity index (χ3n) is 4.54. The molecule has 7 nitrogen and oxygen atoms in total. The van der Waals surface area contributed by atoms with Crippen molar-refractivity contribution in [2.45, 2.75) is 32.7 Å². The van der Waals surface area contributed by atoms with E-state index >= 15 is 0 Å². The highest BCUT2D eigenvalue weighted by molar-refractivity contribution is 5.96. The van der Waals surface area contributed by atoms with Gasteiger partial charge in [-0.05, 0) is 44.9 Å². The number of carbonyl (C=O) groups excluding carboxylic acids is 2. The van der Waals surface area contributed by atoms with Crippen molar-refractivity contribution in [3.05, 3.63) is 47.0 Å². The minimum atomic E-state index is -0.262. The average molecular weight is 341 g/mol. The van der Waals surface area contributed by atoms with E-state index in [4.69, 9.17) is 0 Å². The highest BCUT2D eigenvalue weighted by Gasteiger charge is 2.27. The number of rotatable bonds is 3. The van der Waals surface area contributed by atoms with Crippen molar-refractivity contribution >= 4 is 11.8 Å². The molecule has 1 aliphatic rings. The molecule has 0 saturated carbocycles. The first-order chi connectivity index (χ1) is 12.0. The second-order valence-corrected chi connectivity index (χ2v) is 6.43.